The number of hydrogen-bond donors (Lipinski definition) is 1. The summed E-state index contributed by atoms with van der Waals surface area (Å²) in [7, 11) is 2.24. The second-order valence-electron chi connectivity index (χ2n) is 8.70. The number of fused-ring (bicyclic) bond motifs is 3. The van der Waals surface area contributed by atoms with E-state index >= 15 is 0 Å². The molecule has 3 aliphatic rings. The van der Waals surface area contributed by atoms with Crippen LogP contribution in [-0.4, -0.2) is 32.3 Å². The minimum absolute atomic E-state index is 0.278. The van der Waals surface area contributed by atoms with Crippen molar-refractivity contribution in [1.29, 1.82) is 0 Å². The van der Waals surface area contributed by atoms with Crippen molar-refractivity contribution in [3.63, 3.8) is 0 Å². The molecule has 29 heavy (non-hydrogen) atoms. The molecule has 1 saturated carbocycles. The Morgan fingerprint density at radius 1 is 1.03 bits per heavy atom. The van der Waals surface area contributed by atoms with Gasteiger partial charge < -0.3 is 15.0 Å². The van der Waals surface area contributed by atoms with Crippen LogP contribution in [0.25, 0.3) is 11.1 Å². The fraction of sp³-hybridized carbons (Fsp3) is 0.500. The first kappa shape index (κ1) is 19.5. The smallest absolute Gasteiger partial charge is 0.146 e. The summed E-state index contributed by atoms with van der Waals surface area (Å²) in [5.74, 6) is 1.49. The van der Waals surface area contributed by atoms with Gasteiger partial charge in [-0.25, -0.2) is 0 Å². The highest BCUT2D eigenvalue weighted by Gasteiger charge is 2.39. The summed E-state index contributed by atoms with van der Waals surface area (Å²) in [5.41, 5.74) is 4.72. The zero-order chi connectivity index (χ0) is 20.0. The van der Waals surface area contributed by atoms with Gasteiger partial charge in [0.2, 0.25) is 0 Å². The van der Waals surface area contributed by atoms with Crippen LogP contribution in [0.3, 0.4) is 0 Å². The van der Waals surface area contributed by atoms with Crippen molar-refractivity contribution >= 4 is 28.9 Å². The SMILES string of the molecule is CN(c1cc(-c2ccc(Cl)cc2Cl)cc2c1O[C@H]1CCNC[C@@H]21)C1CCCCC1. The minimum atomic E-state index is 0.278. The summed E-state index contributed by atoms with van der Waals surface area (Å²) in [4.78, 5) is 2.47. The molecule has 1 aliphatic carbocycles. The zero-order valence-corrected chi connectivity index (χ0v) is 18.4. The minimum Gasteiger partial charge on any atom is -0.487 e. The standard InChI is InChI=1S/C24H28Cl2N2O/c1-28(17-5-3-2-4-6-17)22-12-15(18-8-7-16(25)13-21(18)26)11-19-20-14-27-10-9-23(20)29-24(19)22/h7-8,11-13,17,20,23,27H,2-6,9-10,14H2,1H3/t20-,23-/m0/s1. The van der Waals surface area contributed by atoms with Gasteiger partial charge in [0, 0.05) is 46.7 Å². The molecule has 2 aromatic rings. The number of benzene rings is 2. The average Bonchev–Trinajstić information content (AvgIpc) is 3.12. The van der Waals surface area contributed by atoms with Crippen LogP contribution in [0.5, 0.6) is 5.75 Å². The third kappa shape index (κ3) is 3.62. The molecule has 2 heterocycles. The summed E-state index contributed by atoms with van der Waals surface area (Å²) in [6, 6.07) is 10.9. The van der Waals surface area contributed by atoms with E-state index in [1.54, 1.807) is 0 Å². The number of hydrogen-bond acceptors (Lipinski definition) is 3. The van der Waals surface area contributed by atoms with E-state index in [0.717, 1.165) is 36.4 Å². The highest BCUT2D eigenvalue weighted by molar-refractivity contribution is 6.36. The van der Waals surface area contributed by atoms with E-state index in [4.69, 9.17) is 27.9 Å². The summed E-state index contributed by atoms with van der Waals surface area (Å²) < 4.78 is 6.56. The Morgan fingerprint density at radius 2 is 1.86 bits per heavy atom. The van der Waals surface area contributed by atoms with Gasteiger partial charge in [-0.15, -0.1) is 0 Å². The third-order valence-corrected chi connectivity index (χ3v) is 7.48. The van der Waals surface area contributed by atoms with Crippen LogP contribution in [0, 0.1) is 0 Å². The van der Waals surface area contributed by atoms with Gasteiger partial charge in [0.05, 0.1) is 5.69 Å². The van der Waals surface area contributed by atoms with Crippen molar-refractivity contribution in [2.45, 2.75) is 56.6 Å². The zero-order valence-electron chi connectivity index (χ0n) is 16.9. The predicted molar refractivity (Wildman–Crippen MR) is 122 cm³/mol. The topological polar surface area (TPSA) is 24.5 Å². The van der Waals surface area contributed by atoms with E-state index in [0.29, 0.717) is 22.0 Å². The second kappa shape index (κ2) is 8.02. The molecule has 0 aromatic heterocycles. The van der Waals surface area contributed by atoms with Crippen molar-refractivity contribution in [1.82, 2.24) is 5.32 Å². The largest absolute Gasteiger partial charge is 0.487 e. The van der Waals surface area contributed by atoms with Crippen LogP contribution in [0.2, 0.25) is 10.0 Å². The molecule has 5 rings (SSSR count). The quantitative estimate of drug-likeness (QED) is 0.620. The molecule has 3 nitrogen and oxygen atoms in total. The maximum absolute atomic E-state index is 6.59. The van der Waals surface area contributed by atoms with Gasteiger partial charge in [0.25, 0.3) is 0 Å². The Hall–Kier alpha value is -1.42. The Labute approximate surface area is 183 Å². The Kier molecular flexibility index (Phi) is 5.40. The van der Waals surface area contributed by atoms with Gasteiger partial charge in [-0.2, -0.15) is 0 Å². The van der Waals surface area contributed by atoms with Gasteiger partial charge in [-0.1, -0.05) is 48.5 Å². The van der Waals surface area contributed by atoms with Gasteiger partial charge in [0.15, 0.2) is 0 Å². The first-order valence-electron chi connectivity index (χ1n) is 10.9. The van der Waals surface area contributed by atoms with Crippen LogP contribution < -0.4 is 15.0 Å². The molecule has 1 saturated heterocycles. The maximum Gasteiger partial charge on any atom is 0.146 e. The molecule has 0 unspecified atom stereocenters. The number of nitrogens with one attached hydrogen (secondary N) is 1. The third-order valence-electron chi connectivity index (χ3n) is 6.93. The number of anilines is 1. The summed E-state index contributed by atoms with van der Waals surface area (Å²) in [5, 5.41) is 4.91. The normalized spacial score (nSPS) is 24.0. The van der Waals surface area contributed by atoms with Gasteiger partial charge >= 0.3 is 0 Å². The molecule has 2 atom stereocenters. The Balaban J connectivity index is 1.62. The summed E-state index contributed by atoms with van der Waals surface area (Å²) >= 11 is 12.7. The lowest BCUT2D eigenvalue weighted by Crippen LogP contribution is -2.37. The maximum atomic E-state index is 6.59. The second-order valence-corrected chi connectivity index (χ2v) is 9.54. The number of ether oxygens (including phenoxy) is 1. The van der Waals surface area contributed by atoms with Crippen LogP contribution in [-0.2, 0) is 0 Å². The summed E-state index contributed by atoms with van der Waals surface area (Å²) in [6.45, 7) is 2.00. The molecule has 0 spiro atoms. The number of halogens is 2. The van der Waals surface area contributed by atoms with Gasteiger partial charge in [-0.3, -0.25) is 0 Å². The summed E-state index contributed by atoms with van der Waals surface area (Å²) in [6.07, 6.45) is 7.84. The lowest BCUT2D eigenvalue weighted by molar-refractivity contribution is 0.172. The fourth-order valence-corrected chi connectivity index (χ4v) is 5.80. The molecule has 0 radical (unpaired) electrons. The lowest BCUT2D eigenvalue weighted by Gasteiger charge is -2.34. The molecule has 1 N–H and O–H groups in total. The molecular formula is C24H28Cl2N2O. The van der Waals surface area contributed by atoms with Crippen LogP contribution in [0.15, 0.2) is 30.3 Å². The van der Waals surface area contributed by atoms with E-state index in [9.17, 15) is 0 Å². The number of piperidine rings is 1. The van der Waals surface area contributed by atoms with E-state index in [1.165, 1.54) is 43.4 Å². The lowest BCUT2D eigenvalue weighted by atomic mass is 9.88. The van der Waals surface area contributed by atoms with E-state index < -0.39 is 0 Å². The molecule has 5 heteroatoms. The van der Waals surface area contributed by atoms with E-state index in [2.05, 4.69) is 29.4 Å². The highest BCUT2D eigenvalue weighted by atomic mass is 35.5. The van der Waals surface area contributed by atoms with Crippen molar-refractivity contribution in [3.05, 3.63) is 45.9 Å². The fourth-order valence-electron chi connectivity index (χ4n) is 5.28. The van der Waals surface area contributed by atoms with Crippen LogP contribution >= 0.6 is 23.2 Å². The molecular weight excluding hydrogens is 403 g/mol. The molecule has 2 fully saturated rings. The van der Waals surface area contributed by atoms with Crippen molar-refractivity contribution in [2.24, 2.45) is 0 Å². The highest BCUT2D eigenvalue weighted by Crippen LogP contribution is 2.49. The first-order chi connectivity index (χ1) is 14.1. The van der Waals surface area contributed by atoms with Gasteiger partial charge in [-0.05, 0) is 55.6 Å². The van der Waals surface area contributed by atoms with Crippen molar-refractivity contribution < 1.29 is 4.74 Å². The average molecular weight is 431 g/mol. The van der Waals surface area contributed by atoms with Crippen molar-refractivity contribution in [2.75, 3.05) is 25.0 Å². The first-order valence-corrected chi connectivity index (χ1v) is 11.6. The van der Waals surface area contributed by atoms with Crippen LogP contribution in [0.1, 0.15) is 50.0 Å². The number of rotatable bonds is 3. The molecule has 2 aromatic carbocycles. The van der Waals surface area contributed by atoms with Crippen LogP contribution in [0.4, 0.5) is 5.69 Å². The number of nitrogens with zero attached hydrogens (tertiary/aromatic N) is 1. The molecule has 2 aliphatic heterocycles. The Bertz CT molecular complexity index is 910. The van der Waals surface area contributed by atoms with Gasteiger partial charge in [0.1, 0.15) is 11.9 Å². The Morgan fingerprint density at radius 3 is 2.66 bits per heavy atom. The van der Waals surface area contributed by atoms with E-state index in [1.807, 2.05) is 18.2 Å². The molecule has 154 valence electrons. The molecule has 0 amide bonds. The van der Waals surface area contributed by atoms with Crippen molar-refractivity contribution in [3.8, 4) is 16.9 Å². The van der Waals surface area contributed by atoms with E-state index in [-0.39, 0.29) is 6.10 Å². The molecule has 0 bridgehead atoms. The monoisotopic (exact) mass is 430 g/mol. The predicted octanol–water partition coefficient (Wildman–Crippen LogP) is 6.27.